The average molecular weight is 316 g/mol. The number of furan rings is 1. The summed E-state index contributed by atoms with van der Waals surface area (Å²) in [5.74, 6) is 0.433. The van der Waals surface area contributed by atoms with E-state index in [1.54, 1.807) is 23.1 Å². The fourth-order valence-corrected chi connectivity index (χ4v) is 3.15. The minimum atomic E-state index is -0.446. The number of aliphatic hydroxyl groups excluding tert-OH is 1. The molecule has 2 aromatic heterocycles. The van der Waals surface area contributed by atoms with E-state index in [2.05, 4.69) is 4.98 Å². The number of nitrogens with zero attached hydrogens (tertiary/aromatic N) is 1. The highest BCUT2D eigenvalue weighted by atomic mass is 16.3. The van der Waals surface area contributed by atoms with E-state index in [1.165, 1.54) is 12.3 Å². The SMILES string of the molecule is CC1CCCN(C(=O)c2ccc(-c3ccco3)[nH]c2=O)C1CO. The summed E-state index contributed by atoms with van der Waals surface area (Å²) in [5.41, 5.74) is 0.175. The molecule has 0 saturated carbocycles. The standard InChI is InChI=1S/C17H20N2O4/c1-11-4-2-8-19(14(11)10-20)17(22)12-6-7-13(18-16(12)21)15-5-3-9-23-15/h3,5-7,9,11,14,20H,2,4,8,10H2,1H3,(H,18,21). The molecular formula is C17H20N2O4. The van der Waals surface area contributed by atoms with Crippen LogP contribution in [0.4, 0.5) is 0 Å². The minimum absolute atomic E-state index is 0.0880. The second kappa shape index (κ2) is 6.42. The lowest BCUT2D eigenvalue weighted by Crippen LogP contribution is -2.50. The van der Waals surface area contributed by atoms with E-state index < -0.39 is 5.56 Å². The van der Waals surface area contributed by atoms with Crippen molar-refractivity contribution in [3.8, 4) is 11.5 Å². The van der Waals surface area contributed by atoms with Gasteiger partial charge in [-0.05, 0) is 43.0 Å². The molecule has 23 heavy (non-hydrogen) atoms. The highest BCUT2D eigenvalue weighted by Crippen LogP contribution is 2.24. The van der Waals surface area contributed by atoms with Crippen molar-refractivity contribution < 1.29 is 14.3 Å². The molecule has 0 aliphatic carbocycles. The minimum Gasteiger partial charge on any atom is -0.463 e. The van der Waals surface area contributed by atoms with Gasteiger partial charge in [0.05, 0.1) is 24.6 Å². The van der Waals surface area contributed by atoms with E-state index >= 15 is 0 Å². The Morgan fingerprint density at radius 3 is 2.91 bits per heavy atom. The number of piperidine rings is 1. The number of aromatic amines is 1. The number of likely N-dealkylation sites (tertiary alicyclic amines) is 1. The Kier molecular flexibility index (Phi) is 4.34. The Balaban J connectivity index is 1.89. The molecule has 3 rings (SSSR count). The zero-order valence-corrected chi connectivity index (χ0v) is 13.0. The van der Waals surface area contributed by atoms with Gasteiger partial charge < -0.3 is 19.4 Å². The van der Waals surface area contributed by atoms with Crippen molar-refractivity contribution in [1.29, 1.82) is 0 Å². The van der Waals surface area contributed by atoms with E-state index in [0.717, 1.165) is 12.8 Å². The van der Waals surface area contributed by atoms with Crippen molar-refractivity contribution >= 4 is 5.91 Å². The van der Waals surface area contributed by atoms with Crippen molar-refractivity contribution in [2.45, 2.75) is 25.8 Å². The van der Waals surface area contributed by atoms with Crippen LogP contribution in [0.25, 0.3) is 11.5 Å². The summed E-state index contributed by atoms with van der Waals surface area (Å²) < 4.78 is 5.24. The summed E-state index contributed by atoms with van der Waals surface area (Å²) in [6.07, 6.45) is 3.38. The summed E-state index contributed by atoms with van der Waals surface area (Å²) in [6, 6.07) is 6.41. The monoisotopic (exact) mass is 316 g/mol. The Hall–Kier alpha value is -2.34. The smallest absolute Gasteiger partial charge is 0.261 e. The van der Waals surface area contributed by atoms with Gasteiger partial charge in [0.1, 0.15) is 11.3 Å². The number of amides is 1. The first-order valence-electron chi connectivity index (χ1n) is 7.81. The predicted octanol–water partition coefficient (Wildman–Crippen LogP) is 1.87. The van der Waals surface area contributed by atoms with Gasteiger partial charge in [-0.1, -0.05) is 6.92 Å². The van der Waals surface area contributed by atoms with Crippen LogP contribution in [0, 0.1) is 5.92 Å². The van der Waals surface area contributed by atoms with Crippen LogP contribution in [0.15, 0.2) is 39.7 Å². The van der Waals surface area contributed by atoms with Gasteiger partial charge in [0, 0.05) is 6.54 Å². The van der Waals surface area contributed by atoms with Gasteiger partial charge in [0.15, 0.2) is 0 Å². The average Bonchev–Trinajstić information content (AvgIpc) is 3.08. The first kappa shape index (κ1) is 15.6. The van der Waals surface area contributed by atoms with Gasteiger partial charge in [-0.2, -0.15) is 0 Å². The molecule has 1 saturated heterocycles. The number of H-pyrrole nitrogens is 1. The quantitative estimate of drug-likeness (QED) is 0.905. The van der Waals surface area contributed by atoms with E-state index in [4.69, 9.17) is 4.42 Å². The van der Waals surface area contributed by atoms with Crippen molar-refractivity contribution in [2.75, 3.05) is 13.2 Å². The first-order chi connectivity index (χ1) is 11.1. The zero-order valence-electron chi connectivity index (χ0n) is 13.0. The molecule has 2 atom stereocenters. The molecule has 122 valence electrons. The summed E-state index contributed by atoms with van der Waals surface area (Å²) in [7, 11) is 0. The van der Waals surface area contributed by atoms with Crippen LogP contribution in [0.2, 0.25) is 0 Å². The summed E-state index contributed by atoms with van der Waals surface area (Å²) >= 11 is 0. The summed E-state index contributed by atoms with van der Waals surface area (Å²) in [4.78, 5) is 29.3. The van der Waals surface area contributed by atoms with Crippen LogP contribution in [-0.2, 0) is 0 Å². The summed E-state index contributed by atoms with van der Waals surface area (Å²) in [6.45, 7) is 2.49. The van der Waals surface area contributed by atoms with Crippen LogP contribution in [0.1, 0.15) is 30.1 Å². The molecule has 3 heterocycles. The molecule has 1 aliphatic heterocycles. The fraction of sp³-hybridized carbons (Fsp3) is 0.412. The number of hydrogen-bond donors (Lipinski definition) is 2. The lowest BCUT2D eigenvalue weighted by atomic mass is 9.91. The predicted molar refractivity (Wildman–Crippen MR) is 85.1 cm³/mol. The van der Waals surface area contributed by atoms with E-state index in [9.17, 15) is 14.7 Å². The van der Waals surface area contributed by atoms with Gasteiger partial charge in [-0.25, -0.2) is 0 Å². The molecule has 1 aliphatic rings. The Morgan fingerprint density at radius 1 is 1.43 bits per heavy atom. The molecule has 0 aromatic carbocycles. The molecule has 6 heteroatoms. The third-order valence-corrected chi connectivity index (χ3v) is 4.49. The maximum atomic E-state index is 12.7. The van der Waals surface area contributed by atoms with Crippen molar-refractivity contribution in [2.24, 2.45) is 5.92 Å². The third-order valence-electron chi connectivity index (χ3n) is 4.49. The highest BCUT2D eigenvalue weighted by Gasteiger charge is 2.32. The molecule has 0 bridgehead atoms. The van der Waals surface area contributed by atoms with Crippen molar-refractivity contribution in [3.63, 3.8) is 0 Å². The van der Waals surface area contributed by atoms with Crippen molar-refractivity contribution in [3.05, 3.63) is 46.4 Å². The zero-order chi connectivity index (χ0) is 16.4. The second-order valence-corrected chi connectivity index (χ2v) is 5.96. The van der Waals surface area contributed by atoms with Crippen LogP contribution < -0.4 is 5.56 Å². The normalized spacial score (nSPS) is 21.4. The number of nitrogens with one attached hydrogen (secondary N) is 1. The number of pyridine rings is 1. The lowest BCUT2D eigenvalue weighted by Gasteiger charge is -2.38. The van der Waals surface area contributed by atoms with E-state index in [1.807, 2.05) is 6.92 Å². The maximum absolute atomic E-state index is 12.7. The fourth-order valence-electron chi connectivity index (χ4n) is 3.15. The molecule has 0 radical (unpaired) electrons. The van der Waals surface area contributed by atoms with Gasteiger partial charge in [0.2, 0.25) is 0 Å². The molecule has 2 unspecified atom stereocenters. The number of carbonyl (C=O) groups excluding carboxylic acids is 1. The third kappa shape index (κ3) is 2.94. The Morgan fingerprint density at radius 2 is 2.26 bits per heavy atom. The van der Waals surface area contributed by atoms with Crippen LogP contribution in [0.5, 0.6) is 0 Å². The molecule has 0 spiro atoms. The van der Waals surface area contributed by atoms with E-state index in [-0.39, 0.29) is 30.0 Å². The molecule has 2 aromatic rings. The molecular weight excluding hydrogens is 296 g/mol. The van der Waals surface area contributed by atoms with Gasteiger partial charge in [0.25, 0.3) is 11.5 Å². The molecule has 1 fully saturated rings. The van der Waals surface area contributed by atoms with Crippen molar-refractivity contribution in [1.82, 2.24) is 9.88 Å². The van der Waals surface area contributed by atoms with Crippen LogP contribution in [-0.4, -0.2) is 40.1 Å². The summed E-state index contributed by atoms with van der Waals surface area (Å²) in [5, 5.41) is 9.57. The van der Waals surface area contributed by atoms with Gasteiger partial charge >= 0.3 is 0 Å². The number of hydrogen-bond acceptors (Lipinski definition) is 4. The number of aliphatic hydroxyl groups is 1. The first-order valence-corrected chi connectivity index (χ1v) is 7.81. The highest BCUT2D eigenvalue weighted by molar-refractivity contribution is 5.94. The number of aromatic nitrogens is 1. The second-order valence-electron chi connectivity index (χ2n) is 5.96. The maximum Gasteiger partial charge on any atom is 0.261 e. The molecule has 1 amide bonds. The van der Waals surface area contributed by atoms with Gasteiger partial charge in [-0.3, -0.25) is 9.59 Å². The van der Waals surface area contributed by atoms with Crippen LogP contribution in [0.3, 0.4) is 0 Å². The van der Waals surface area contributed by atoms with Crippen LogP contribution >= 0.6 is 0 Å². The van der Waals surface area contributed by atoms with Gasteiger partial charge in [-0.15, -0.1) is 0 Å². The number of rotatable bonds is 3. The Bertz CT molecular complexity index is 735. The molecule has 6 nitrogen and oxygen atoms in total. The Labute approximate surface area is 133 Å². The van der Waals surface area contributed by atoms with E-state index in [0.29, 0.717) is 18.0 Å². The molecule has 2 N–H and O–H groups in total. The topological polar surface area (TPSA) is 86.5 Å². The number of carbonyl (C=O) groups is 1. The lowest BCUT2D eigenvalue weighted by molar-refractivity contribution is 0.0357. The largest absolute Gasteiger partial charge is 0.463 e.